The lowest BCUT2D eigenvalue weighted by molar-refractivity contribution is -0.111. The standard InChI is InChI=1S/C25H21N7O2/c1-2-23(33)30-17-7-5-16(6-8-17)25(34)27-12-9-18-14-20-19(10-13-26-24(20)31-18)21-15-29-32-22(21)4-3-11-28-32/h2-8,10-11,13-15H,1,9,12H2,(H,26,31)(H,27,34)(H,30,33). The van der Waals surface area contributed by atoms with Crippen LogP contribution in [0.25, 0.3) is 27.7 Å². The van der Waals surface area contributed by atoms with Crippen LogP contribution in [0.2, 0.25) is 0 Å². The van der Waals surface area contributed by atoms with Crippen molar-refractivity contribution in [1.82, 2.24) is 30.1 Å². The molecule has 5 aromatic rings. The Labute approximate surface area is 194 Å². The number of aromatic nitrogens is 5. The molecule has 0 aliphatic rings. The molecule has 0 bridgehead atoms. The molecular weight excluding hydrogens is 430 g/mol. The van der Waals surface area contributed by atoms with E-state index in [1.54, 1.807) is 47.5 Å². The first-order valence-electron chi connectivity index (χ1n) is 10.7. The number of benzene rings is 1. The molecule has 0 saturated carbocycles. The van der Waals surface area contributed by atoms with E-state index in [9.17, 15) is 9.59 Å². The number of H-pyrrole nitrogens is 1. The van der Waals surface area contributed by atoms with E-state index < -0.39 is 0 Å². The van der Waals surface area contributed by atoms with E-state index in [1.165, 1.54) is 6.08 Å². The lowest BCUT2D eigenvalue weighted by Gasteiger charge is -2.06. The van der Waals surface area contributed by atoms with E-state index in [1.807, 2.05) is 18.2 Å². The van der Waals surface area contributed by atoms with Gasteiger partial charge < -0.3 is 15.6 Å². The quantitative estimate of drug-likeness (QED) is 0.328. The number of nitrogens with zero attached hydrogens (tertiary/aromatic N) is 4. The second-order valence-corrected chi connectivity index (χ2v) is 7.65. The Morgan fingerprint density at radius 3 is 2.74 bits per heavy atom. The minimum absolute atomic E-state index is 0.185. The summed E-state index contributed by atoms with van der Waals surface area (Å²) in [6, 6.07) is 14.6. The number of hydrogen-bond donors (Lipinski definition) is 3. The van der Waals surface area contributed by atoms with Crippen LogP contribution in [0, 0.1) is 0 Å². The molecule has 5 rings (SSSR count). The van der Waals surface area contributed by atoms with Gasteiger partial charge in [0.1, 0.15) is 5.65 Å². The van der Waals surface area contributed by atoms with Gasteiger partial charge in [-0.2, -0.15) is 14.8 Å². The highest BCUT2D eigenvalue weighted by atomic mass is 16.2. The summed E-state index contributed by atoms with van der Waals surface area (Å²) in [5.74, 6) is -0.484. The minimum atomic E-state index is -0.300. The maximum Gasteiger partial charge on any atom is 0.251 e. The maximum atomic E-state index is 12.5. The molecule has 0 aliphatic heterocycles. The van der Waals surface area contributed by atoms with E-state index in [4.69, 9.17) is 0 Å². The summed E-state index contributed by atoms with van der Waals surface area (Å²) in [7, 11) is 0. The number of rotatable bonds is 7. The molecule has 1 aromatic carbocycles. The van der Waals surface area contributed by atoms with Crippen molar-refractivity contribution in [3.8, 4) is 11.1 Å². The zero-order chi connectivity index (χ0) is 23.5. The van der Waals surface area contributed by atoms with Gasteiger partial charge in [-0.3, -0.25) is 9.59 Å². The van der Waals surface area contributed by atoms with E-state index in [0.717, 1.165) is 33.4 Å². The Bertz CT molecular complexity index is 1520. The molecular formula is C25H21N7O2. The lowest BCUT2D eigenvalue weighted by Crippen LogP contribution is -2.25. The molecule has 168 valence electrons. The number of amides is 2. The van der Waals surface area contributed by atoms with Crippen LogP contribution in [0.5, 0.6) is 0 Å². The second-order valence-electron chi connectivity index (χ2n) is 7.65. The second kappa shape index (κ2) is 8.99. The van der Waals surface area contributed by atoms with Crippen LogP contribution in [0.1, 0.15) is 16.1 Å². The fourth-order valence-corrected chi connectivity index (χ4v) is 3.80. The largest absolute Gasteiger partial charge is 0.352 e. The summed E-state index contributed by atoms with van der Waals surface area (Å²) >= 11 is 0. The molecule has 0 unspecified atom stereocenters. The Balaban J connectivity index is 1.27. The Kier molecular flexibility index (Phi) is 5.57. The van der Waals surface area contributed by atoms with Gasteiger partial charge in [0.15, 0.2) is 0 Å². The number of pyridine rings is 1. The number of anilines is 1. The molecule has 0 spiro atoms. The number of aromatic amines is 1. The molecule has 0 aliphatic carbocycles. The van der Waals surface area contributed by atoms with Crippen molar-refractivity contribution in [3.05, 3.63) is 91.0 Å². The summed E-state index contributed by atoms with van der Waals surface area (Å²) < 4.78 is 1.60. The Morgan fingerprint density at radius 2 is 1.91 bits per heavy atom. The third kappa shape index (κ3) is 4.14. The average Bonchev–Trinajstić information content (AvgIpc) is 3.48. The Morgan fingerprint density at radius 1 is 1.06 bits per heavy atom. The van der Waals surface area contributed by atoms with Crippen LogP contribution in [-0.2, 0) is 11.2 Å². The van der Waals surface area contributed by atoms with E-state index >= 15 is 0 Å². The zero-order valence-electron chi connectivity index (χ0n) is 18.2. The van der Waals surface area contributed by atoms with Gasteiger partial charge in [0.2, 0.25) is 5.91 Å². The number of carbonyl (C=O) groups is 2. The van der Waals surface area contributed by atoms with Crippen molar-refractivity contribution < 1.29 is 9.59 Å². The third-order valence-electron chi connectivity index (χ3n) is 5.46. The lowest BCUT2D eigenvalue weighted by atomic mass is 10.1. The Hall–Kier alpha value is -4.79. The summed E-state index contributed by atoms with van der Waals surface area (Å²) in [6.07, 6.45) is 7.08. The van der Waals surface area contributed by atoms with Crippen LogP contribution in [0.4, 0.5) is 5.69 Å². The SMILES string of the molecule is C=CC(=O)Nc1ccc(C(=O)NCCc2cc3c(-c4cnn5ncccc45)ccnc3[nH]2)cc1. The van der Waals surface area contributed by atoms with Crippen LogP contribution in [0.3, 0.4) is 0 Å². The molecule has 4 aromatic heterocycles. The van der Waals surface area contributed by atoms with Crippen molar-refractivity contribution in [2.24, 2.45) is 0 Å². The molecule has 4 heterocycles. The van der Waals surface area contributed by atoms with Gasteiger partial charge in [0, 0.05) is 53.3 Å². The highest BCUT2D eigenvalue weighted by Gasteiger charge is 2.13. The number of fused-ring (bicyclic) bond motifs is 2. The van der Waals surface area contributed by atoms with Gasteiger partial charge in [-0.25, -0.2) is 4.98 Å². The van der Waals surface area contributed by atoms with E-state index in [-0.39, 0.29) is 11.8 Å². The topological polar surface area (TPSA) is 117 Å². The fraction of sp³-hybridized carbons (Fsp3) is 0.0800. The van der Waals surface area contributed by atoms with Crippen molar-refractivity contribution in [2.75, 3.05) is 11.9 Å². The molecule has 9 heteroatoms. The fourth-order valence-electron chi connectivity index (χ4n) is 3.80. The van der Waals surface area contributed by atoms with Gasteiger partial charge in [-0.05, 0) is 60.2 Å². The van der Waals surface area contributed by atoms with Gasteiger partial charge in [0.25, 0.3) is 5.91 Å². The van der Waals surface area contributed by atoms with Crippen LogP contribution >= 0.6 is 0 Å². The van der Waals surface area contributed by atoms with Crippen molar-refractivity contribution in [2.45, 2.75) is 6.42 Å². The molecule has 9 nitrogen and oxygen atoms in total. The van der Waals surface area contributed by atoms with Crippen LogP contribution in [0.15, 0.2) is 79.8 Å². The summed E-state index contributed by atoms with van der Waals surface area (Å²) in [5.41, 5.74) is 5.77. The molecule has 0 radical (unpaired) electrons. The smallest absolute Gasteiger partial charge is 0.251 e. The first-order chi connectivity index (χ1) is 16.6. The number of carbonyl (C=O) groups excluding carboxylic acids is 2. The molecule has 0 fully saturated rings. The van der Waals surface area contributed by atoms with Gasteiger partial charge in [-0.15, -0.1) is 0 Å². The zero-order valence-corrected chi connectivity index (χ0v) is 18.2. The maximum absolute atomic E-state index is 12.5. The van der Waals surface area contributed by atoms with Gasteiger partial charge >= 0.3 is 0 Å². The van der Waals surface area contributed by atoms with Crippen molar-refractivity contribution in [1.29, 1.82) is 0 Å². The van der Waals surface area contributed by atoms with Crippen molar-refractivity contribution >= 4 is 34.1 Å². The molecule has 2 amide bonds. The number of nitrogens with one attached hydrogen (secondary N) is 3. The predicted molar refractivity (Wildman–Crippen MR) is 129 cm³/mol. The predicted octanol–water partition coefficient (Wildman–Crippen LogP) is 3.37. The van der Waals surface area contributed by atoms with E-state index in [0.29, 0.717) is 24.2 Å². The van der Waals surface area contributed by atoms with Crippen LogP contribution < -0.4 is 10.6 Å². The van der Waals surface area contributed by atoms with Crippen molar-refractivity contribution in [3.63, 3.8) is 0 Å². The minimum Gasteiger partial charge on any atom is -0.352 e. The summed E-state index contributed by atoms with van der Waals surface area (Å²) in [6.45, 7) is 3.87. The molecule has 0 saturated heterocycles. The van der Waals surface area contributed by atoms with Crippen LogP contribution in [-0.4, -0.2) is 43.2 Å². The molecule has 34 heavy (non-hydrogen) atoms. The third-order valence-corrected chi connectivity index (χ3v) is 5.46. The first kappa shape index (κ1) is 21.1. The highest BCUT2D eigenvalue weighted by molar-refractivity contribution is 6.00. The van der Waals surface area contributed by atoms with E-state index in [2.05, 4.69) is 43.4 Å². The first-order valence-corrected chi connectivity index (χ1v) is 10.7. The molecule has 0 atom stereocenters. The number of hydrogen-bond acceptors (Lipinski definition) is 5. The monoisotopic (exact) mass is 451 g/mol. The highest BCUT2D eigenvalue weighted by Crippen LogP contribution is 2.30. The average molecular weight is 451 g/mol. The summed E-state index contributed by atoms with van der Waals surface area (Å²) in [4.78, 5) is 31.6. The molecule has 3 N–H and O–H groups in total. The van der Waals surface area contributed by atoms with Gasteiger partial charge in [0.05, 0.1) is 11.7 Å². The summed E-state index contributed by atoms with van der Waals surface area (Å²) in [5, 5.41) is 15.1. The normalized spacial score (nSPS) is 10.9. The van der Waals surface area contributed by atoms with Gasteiger partial charge in [-0.1, -0.05) is 6.58 Å².